The number of ether oxygens (including phenoxy) is 2. The van der Waals surface area contributed by atoms with Crippen LogP contribution in [0.3, 0.4) is 0 Å². The normalized spacial score (nSPS) is 10.4. The molecule has 0 radical (unpaired) electrons. The monoisotopic (exact) mass is 418 g/mol. The first-order valence-corrected chi connectivity index (χ1v) is 9.50. The van der Waals surface area contributed by atoms with E-state index >= 15 is 0 Å². The summed E-state index contributed by atoms with van der Waals surface area (Å²) in [7, 11) is 2.94. The molecule has 0 unspecified atom stereocenters. The topological polar surface area (TPSA) is 81.3 Å². The van der Waals surface area contributed by atoms with E-state index in [0.29, 0.717) is 33.7 Å². The lowest BCUT2D eigenvalue weighted by molar-refractivity contribution is 0.0600. The van der Waals surface area contributed by atoms with Gasteiger partial charge in [-0.3, -0.25) is 9.36 Å². The maximum atomic E-state index is 13.3. The fourth-order valence-corrected chi connectivity index (χ4v) is 3.27. The van der Waals surface area contributed by atoms with E-state index in [1.54, 1.807) is 39.0 Å². The summed E-state index contributed by atoms with van der Waals surface area (Å²) in [6.45, 7) is 3.63. The van der Waals surface area contributed by atoms with E-state index in [1.165, 1.54) is 23.8 Å². The highest BCUT2D eigenvalue weighted by Gasteiger charge is 2.16. The van der Waals surface area contributed by atoms with Crippen LogP contribution in [-0.2, 0) is 11.3 Å². The summed E-state index contributed by atoms with van der Waals surface area (Å²) < 4.78 is 25.4. The van der Waals surface area contributed by atoms with Gasteiger partial charge in [0, 0.05) is 16.7 Å². The Morgan fingerprint density at radius 2 is 1.94 bits per heavy atom. The molecule has 0 saturated carbocycles. The van der Waals surface area contributed by atoms with Crippen molar-refractivity contribution in [1.29, 1.82) is 5.26 Å². The van der Waals surface area contributed by atoms with Crippen LogP contribution in [0.5, 0.6) is 5.75 Å². The van der Waals surface area contributed by atoms with Gasteiger partial charge >= 0.3 is 5.97 Å². The zero-order valence-corrected chi connectivity index (χ0v) is 17.7. The molecule has 31 heavy (non-hydrogen) atoms. The summed E-state index contributed by atoms with van der Waals surface area (Å²) in [6.07, 6.45) is 0. The van der Waals surface area contributed by atoms with Gasteiger partial charge in [0.15, 0.2) is 7.85 Å². The molecule has 8 heteroatoms. The first-order valence-electron chi connectivity index (χ1n) is 9.50. The molecule has 0 bridgehead atoms. The smallest absolute Gasteiger partial charge is 0.337 e. The third kappa shape index (κ3) is 4.36. The number of aryl methyl sites for hydroxylation is 2. The minimum atomic E-state index is -0.500. The van der Waals surface area contributed by atoms with Crippen molar-refractivity contribution >= 4 is 19.3 Å². The highest BCUT2D eigenvalue weighted by molar-refractivity contribution is 6.34. The zero-order valence-electron chi connectivity index (χ0n) is 17.7. The molecule has 1 heterocycles. The number of hydrogen-bond acceptors (Lipinski definition) is 5. The molecular weight excluding hydrogens is 398 g/mol. The number of aromatic nitrogens is 1. The summed E-state index contributed by atoms with van der Waals surface area (Å²) in [4.78, 5) is 25.1. The van der Waals surface area contributed by atoms with Gasteiger partial charge in [-0.15, -0.1) is 0 Å². The second kappa shape index (κ2) is 8.88. The molecule has 0 spiro atoms. The minimum Gasteiger partial charge on any atom is -0.489 e. The Morgan fingerprint density at radius 1 is 1.19 bits per heavy atom. The predicted molar refractivity (Wildman–Crippen MR) is 116 cm³/mol. The first-order chi connectivity index (χ1) is 14.8. The molecule has 3 aromatic rings. The van der Waals surface area contributed by atoms with E-state index in [-0.39, 0.29) is 17.7 Å². The van der Waals surface area contributed by atoms with Gasteiger partial charge in [0.2, 0.25) is 0 Å². The van der Waals surface area contributed by atoms with Crippen molar-refractivity contribution in [3.63, 3.8) is 0 Å². The first kappa shape index (κ1) is 21.8. The Labute approximate surface area is 179 Å². The van der Waals surface area contributed by atoms with Crippen molar-refractivity contribution in [1.82, 2.24) is 4.57 Å². The Kier molecular flexibility index (Phi) is 6.26. The standard InChI is InChI=1S/C23H20BFN2O4/c1-13-4-5-15(23(29)30-3)10-19(13)27-14(2)8-20(21(24)22(27)28)31-12-16-6-7-18(25)9-17(16)11-26/h4-10H,12,24H2,1-3H3. The number of hydrogen-bond donors (Lipinski definition) is 0. The Balaban J connectivity index is 2.00. The van der Waals surface area contributed by atoms with Gasteiger partial charge in [-0.2, -0.15) is 5.26 Å². The van der Waals surface area contributed by atoms with E-state index < -0.39 is 11.8 Å². The number of methoxy groups -OCH3 is 1. The zero-order chi connectivity index (χ0) is 22.7. The number of carbonyl (C=O) groups is 1. The summed E-state index contributed by atoms with van der Waals surface area (Å²) in [5, 5.41) is 9.19. The number of carbonyl (C=O) groups excluding carboxylic acids is 1. The highest BCUT2D eigenvalue weighted by atomic mass is 19.1. The third-order valence-corrected chi connectivity index (χ3v) is 5.03. The molecule has 1 aromatic heterocycles. The van der Waals surface area contributed by atoms with Crippen LogP contribution in [0.2, 0.25) is 0 Å². The van der Waals surface area contributed by atoms with E-state index in [2.05, 4.69) is 0 Å². The maximum absolute atomic E-state index is 13.3. The van der Waals surface area contributed by atoms with E-state index in [9.17, 15) is 19.2 Å². The molecule has 0 saturated heterocycles. The van der Waals surface area contributed by atoms with Crippen LogP contribution in [0.4, 0.5) is 4.39 Å². The van der Waals surface area contributed by atoms with Gasteiger partial charge in [-0.1, -0.05) is 12.1 Å². The quantitative estimate of drug-likeness (QED) is 0.468. The van der Waals surface area contributed by atoms with Crippen LogP contribution < -0.4 is 15.8 Å². The fraction of sp³-hybridized carbons (Fsp3) is 0.174. The molecular formula is C23H20BFN2O4. The average molecular weight is 418 g/mol. The predicted octanol–water partition coefficient (Wildman–Crippen LogP) is 2.09. The van der Waals surface area contributed by atoms with Crippen molar-refractivity contribution in [2.45, 2.75) is 20.5 Å². The largest absolute Gasteiger partial charge is 0.489 e. The van der Waals surface area contributed by atoms with Crippen molar-refractivity contribution < 1.29 is 18.7 Å². The summed E-state index contributed by atoms with van der Waals surface area (Å²) >= 11 is 0. The summed E-state index contributed by atoms with van der Waals surface area (Å²) in [6, 6.07) is 12.6. The average Bonchev–Trinajstić information content (AvgIpc) is 2.76. The Hall–Kier alpha value is -3.86. The Morgan fingerprint density at radius 3 is 2.61 bits per heavy atom. The van der Waals surface area contributed by atoms with Crippen LogP contribution in [0.15, 0.2) is 47.3 Å². The van der Waals surface area contributed by atoms with Crippen molar-refractivity contribution in [3.05, 3.63) is 86.6 Å². The van der Waals surface area contributed by atoms with Crippen molar-refractivity contribution in [2.24, 2.45) is 0 Å². The molecule has 0 atom stereocenters. The number of nitriles is 1. The number of esters is 1. The summed E-state index contributed by atoms with van der Waals surface area (Å²) in [5.41, 5.74) is 3.11. The highest BCUT2D eigenvalue weighted by Crippen LogP contribution is 2.20. The molecule has 6 nitrogen and oxygen atoms in total. The van der Waals surface area contributed by atoms with Gasteiger partial charge in [0.25, 0.3) is 5.56 Å². The number of halogens is 1. The molecule has 0 N–H and O–H groups in total. The third-order valence-electron chi connectivity index (χ3n) is 5.03. The second-order valence-electron chi connectivity index (χ2n) is 7.11. The molecule has 0 aliphatic rings. The SMILES string of the molecule is Bc1c(OCc2ccc(F)cc2C#N)cc(C)n(-c2cc(C(=O)OC)ccc2C)c1=O. The van der Waals surface area contributed by atoms with Gasteiger partial charge in [-0.05, 0) is 49.7 Å². The van der Waals surface area contributed by atoms with Gasteiger partial charge in [0.05, 0.1) is 30.0 Å². The number of nitrogens with zero attached hydrogens (tertiary/aromatic N) is 2. The van der Waals surface area contributed by atoms with Crippen LogP contribution in [0.1, 0.15) is 32.7 Å². The number of rotatable bonds is 5. The van der Waals surface area contributed by atoms with Gasteiger partial charge < -0.3 is 9.47 Å². The lowest BCUT2D eigenvalue weighted by Crippen LogP contribution is -2.36. The number of benzene rings is 2. The Bertz CT molecular complexity index is 1280. The van der Waals surface area contributed by atoms with Crippen LogP contribution >= 0.6 is 0 Å². The van der Waals surface area contributed by atoms with Gasteiger partial charge in [0.1, 0.15) is 18.2 Å². The van der Waals surface area contributed by atoms with E-state index in [0.717, 1.165) is 11.6 Å². The van der Waals surface area contributed by atoms with Crippen molar-refractivity contribution in [3.8, 4) is 17.5 Å². The molecule has 0 amide bonds. The molecule has 156 valence electrons. The molecule has 0 fully saturated rings. The van der Waals surface area contributed by atoms with Crippen LogP contribution in [0.25, 0.3) is 5.69 Å². The van der Waals surface area contributed by atoms with Crippen LogP contribution in [0, 0.1) is 31.0 Å². The van der Waals surface area contributed by atoms with Gasteiger partial charge in [-0.25, -0.2) is 9.18 Å². The number of pyridine rings is 1. The van der Waals surface area contributed by atoms with E-state index in [1.807, 2.05) is 13.0 Å². The molecule has 0 aliphatic heterocycles. The minimum absolute atomic E-state index is 0.0176. The molecule has 2 aromatic carbocycles. The lowest BCUT2D eigenvalue weighted by atomic mass is 9.95. The fourth-order valence-electron chi connectivity index (χ4n) is 3.27. The van der Waals surface area contributed by atoms with E-state index in [4.69, 9.17) is 9.47 Å². The molecule has 0 aliphatic carbocycles. The lowest BCUT2D eigenvalue weighted by Gasteiger charge is -2.18. The molecule has 3 rings (SSSR count). The summed E-state index contributed by atoms with van der Waals surface area (Å²) in [5.74, 6) is -0.621. The maximum Gasteiger partial charge on any atom is 0.337 e. The van der Waals surface area contributed by atoms with Crippen LogP contribution in [-0.4, -0.2) is 25.5 Å². The van der Waals surface area contributed by atoms with Crippen molar-refractivity contribution in [2.75, 3.05) is 7.11 Å². The second-order valence-corrected chi connectivity index (χ2v) is 7.11.